The summed E-state index contributed by atoms with van der Waals surface area (Å²) in [6.07, 6.45) is 1.12. The molecule has 1 aromatic heterocycles. The number of rotatable bonds is 4. The number of nitro groups is 1. The van der Waals surface area contributed by atoms with Crippen molar-refractivity contribution in [3.05, 3.63) is 57.4 Å². The molecule has 6 nitrogen and oxygen atoms in total. The quantitative estimate of drug-likeness (QED) is 0.488. The van der Waals surface area contributed by atoms with Gasteiger partial charge in [0.15, 0.2) is 0 Å². The molecule has 0 aliphatic heterocycles. The van der Waals surface area contributed by atoms with Crippen molar-refractivity contribution in [3.63, 3.8) is 0 Å². The highest BCUT2D eigenvalue weighted by molar-refractivity contribution is 6.31. The molecular weight excluding hydrogens is 268 g/mol. The first-order valence-corrected chi connectivity index (χ1v) is 5.87. The summed E-state index contributed by atoms with van der Waals surface area (Å²) in [6.45, 7) is 0.592. The second kappa shape index (κ2) is 5.62. The van der Waals surface area contributed by atoms with Gasteiger partial charge in [-0.15, -0.1) is 0 Å². The zero-order chi connectivity index (χ0) is 13.8. The second-order valence-electron chi connectivity index (χ2n) is 3.94. The van der Waals surface area contributed by atoms with Gasteiger partial charge in [-0.3, -0.25) is 10.1 Å². The van der Waals surface area contributed by atoms with E-state index < -0.39 is 4.92 Å². The normalized spacial score (nSPS) is 10.2. The SMILES string of the molecule is CN(Cc1ccccc1)c1ncc([N+](=O)[O-])c(Cl)n1. The van der Waals surface area contributed by atoms with Gasteiger partial charge in [0.05, 0.1) is 4.92 Å². The van der Waals surface area contributed by atoms with Crippen LogP contribution in [0.2, 0.25) is 5.15 Å². The molecule has 0 radical (unpaired) electrons. The van der Waals surface area contributed by atoms with Gasteiger partial charge in [0, 0.05) is 13.6 Å². The minimum absolute atomic E-state index is 0.157. The first-order valence-electron chi connectivity index (χ1n) is 5.50. The van der Waals surface area contributed by atoms with Crippen LogP contribution in [0.4, 0.5) is 11.6 Å². The van der Waals surface area contributed by atoms with Crippen molar-refractivity contribution < 1.29 is 4.92 Å². The van der Waals surface area contributed by atoms with E-state index in [1.54, 1.807) is 11.9 Å². The van der Waals surface area contributed by atoms with Crippen molar-refractivity contribution in [2.24, 2.45) is 0 Å². The van der Waals surface area contributed by atoms with Crippen LogP contribution in [0.15, 0.2) is 36.5 Å². The highest BCUT2D eigenvalue weighted by Gasteiger charge is 2.16. The standard InChI is InChI=1S/C12H11ClN4O2/c1-16(8-9-5-3-2-4-6-9)12-14-7-10(17(18)19)11(13)15-12/h2-7H,8H2,1H3. The lowest BCUT2D eigenvalue weighted by molar-refractivity contribution is -0.385. The number of aromatic nitrogens is 2. The summed E-state index contributed by atoms with van der Waals surface area (Å²) in [7, 11) is 1.80. The van der Waals surface area contributed by atoms with Crippen LogP contribution >= 0.6 is 11.6 Å². The fourth-order valence-corrected chi connectivity index (χ4v) is 1.77. The van der Waals surface area contributed by atoms with E-state index in [-0.39, 0.29) is 10.8 Å². The van der Waals surface area contributed by atoms with Crippen LogP contribution in [-0.2, 0) is 6.54 Å². The second-order valence-corrected chi connectivity index (χ2v) is 4.30. The summed E-state index contributed by atoms with van der Waals surface area (Å²) >= 11 is 5.75. The van der Waals surface area contributed by atoms with Crippen molar-refractivity contribution in [2.75, 3.05) is 11.9 Å². The molecule has 98 valence electrons. The van der Waals surface area contributed by atoms with E-state index in [0.717, 1.165) is 11.8 Å². The molecule has 0 spiro atoms. The van der Waals surface area contributed by atoms with Crippen LogP contribution in [-0.4, -0.2) is 21.9 Å². The fraction of sp³-hybridized carbons (Fsp3) is 0.167. The van der Waals surface area contributed by atoms with E-state index in [1.807, 2.05) is 30.3 Å². The van der Waals surface area contributed by atoms with Gasteiger partial charge in [-0.1, -0.05) is 41.9 Å². The number of hydrogen-bond donors (Lipinski definition) is 0. The van der Waals surface area contributed by atoms with Gasteiger partial charge in [-0.05, 0) is 5.56 Å². The lowest BCUT2D eigenvalue weighted by Gasteiger charge is -2.16. The fourth-order valence-electron chi connectivity index (χ4n) is 1.58. The van der Waals surface area contributed by atoms with Gasteiger partial charge < -0.3 is 4.90 Å². The van der Waals surface area contributed by atoms with E-state index in [0.29, 0.717) is 12.5 Å². The van der Waals surface area contributed by atoms with Gasteiger partial charge in [0.1, 0.15) is 6.20 Å². The Labute approximate surface area is 114 Å². The minimum Gasteiger partial charge on any atom is -0.340 e. The molecule has 0 bridgehead atoms. The number of benzene rings is 1. The van der Waals surface area contributed by atoms with Crippen molar-refractivity contribution >= 4 is 23.2 Å². The van der Waals surface area contributed by atoms with Crippen molar-refractivity contribution in [1.29, 1.82) is 0 Å². The van der Waals surface area contributed by atoms with Gasteiger partial charge in [0.25, 0.3) is 0 Å². The molecule has 1 heterocycles. The third-order valence-electron chi connectivity index (χ3n) is 2.51. The van der Waals surface area contributed by atoms with Gasteiger partial charge in [0.2, 0.25) is 11.1 Å². The van der Waals surface area contributed by atoms with Crippen molar-refractivity contribution in [3.8, 4) is 0 Å². The van der Waals surface area contributed by atoms with E-state index in [4.69, 9.17) is 11.6 Å². The summed E-state index contributed by atoms with van der Waals surface area (Å²) in [4.78, 5) is 19.7. The van der Waals surface area contributed by atoms with E-state index in [1.165, 1.54) is 0 Å². The Morgan fingerprint density at radius 1 is 1.37 bits per heavy atom. The highest BCUT2D eigenvalue weighted by Crippen LogP contribution is 2.23. The first kappa shape index (κ1) is 13.2. The molecule has 0 aliphatic carbocycles. The van der Waals surface area contributed by atoms with Gasteiger partial charge >= 0.3 is 5.69 Å². The molecule has 19 heavy (non-hydrogen) atoms. The third-order valence-corrected chi connectivity index (χ3v) is 2.79. The highest BCUT2D eigenvalue weighted by atomic mass is 35.5. The maximum Gasteiger partial charge on any atom is 0.324 e. The van der Waals surface area contributed by atoms with Crippen LogP contribution in [0.5, 0.6) is 0 Å². The largest absolute Gasteiger partial charge is 0.340 e. The smallest absolute Gasteiger partial charge is 0.324 e. The minimum atomic E-state index is -0.608. The Bertz CT molecular complexity index is 592. The molecule has 0 saturated carbocycles. The molecule has 2 aromatic rings. The van der Waals surface area contributed by atoms with Crippen LogP contribution in [0.25, 0.3) is 0 Å². The molecule has 2 rings (SSSR count). The first-order chi connectivity index (χ1) is 9.08. The Hall–Kier alpha value is -2.21. The number of anilines is 1. The average Bonchev–Trinajstić information content (AvgIpc) is 2.39. The predicted molar refractivity (Wildman–Crippen MR) is 72.2 cm³/mol. The van der Waals surface area contributed by atoms with Gasteiger partial charge in [-0.25, -0.2) is 4.98 Å². The predicted octanol–water partition coefficient (Wildman–Crippen LogP) is 2.67. The lowest BCUT2D eigenvalue weighted by atomic mass is 10.2. The molecule has 1 aromatic carbocycles. The monoisotopic (exact) mass is 278 g/mol. The molecule has 7 heteroatoms. The van der Waals surface area contributed by atoms with E-state index in [2.05, 4.69) is 9.97 Å². The lowest BCUT2D eigenvalue weighted by Crippen LogP contribution is -2.19. The zero-order valence-electron chi connectivity index (χ0n) is 10.2. The molecule has 0 atom stereocenters. The van der Waals surface area contributed by atoms with Gasteiger partial charge in [-0.2, -0.15) is 4.98 Å². The Kier molecular flexibility index (Phi) is 3.91. The van der Waals surface area contributed by atoms with Crippen molar-refractivity contribution in [1.82, 2.24) is 9.97 Å². The molecule has 0 aliphatic rings. The summed E-state index contributed by atoms with van der Waals surface area (Å²) in [5.74, 6) is 0.347. The maximum atomic E-state index is 10.6. The summed E-state index contributed by atoms with van der Waals surface area (Å²) < 4.78 is 0. The zero-order valence-corrected chi connectivity index (χ0v) is 10.9. The summed E-state index contributed by atoms with van der Waals surface area (Å²) in [6, 6.07) is 9.76. The molecule has 0 fully saturated rings. The topological polar surface area (TPSA) is 72.2 Å². The third kappa shape index (κ3) is 3.17. The maximum absolute atomic E-state index is 10.6. The average molecular weight is 279 g/mol. The molecule has 0 amide bonds. The number of nitrogens with zero attached hydrogens (tertiary/aromatic N) is 4. The Morgan fingerprint density at radius 2 is 2.05 bits per heavy atom. The number of halogens is 1. The van der Waals surface area contributed by atoms with E-state index >= 15 is 0 Å². The van der Waals surface area contributed by atoms with Crippen LogP contribution in [0.3, 0.4) is 0 Å². The van der Waals surface area contributed by atoms with E-state index in [9.17, 15) is 10.1 Å². The van der Waals surface area contributed by atoms with Crippen LogP contribution in [0, 0.1) is 10.1 Å². The van der Waals surface area contributed by atoms with Crippen LogP contribution < -0.4 is 4.90 Å². The molecule has 0 saturated heterocycles. The Balaban J connectivity index is 2.18. The molecular formula is C12H11ClN4O2. The molecule has 0 unspecified atom stereocenters. The van der Waals surface area contributed by atoms with Crippen LogP contribution in [0.1, 0.15) is 5.56 Å². The Morgan fingerprint density at radius 3 is 2.63 bits per heavy atom. The number of hydrogen-bond acceptors (Lipinski definition) is 5. The van der Waals surface area contributed by atoms with Crippen molar-refractivity contribution in [2.45, 2.75) is 6.54 Å². The molecule has 0 N–H and O–H groups in total. The summed E-state index contributed by atoms with van der Waals surface area (Å²) in [5.41, 5.74) is 0.793. The summed E-state index contributed by atoms with van der Waals surface area (Å²) in [5, 5.41) is 10.5.